The summed E-state index contributed by atoms with van der Waals surface area (Å²) in [6.45, 7) is 8.07. The van der Waals surface area contributed by atoms with E-state index in [9.17, 15) is 8.42 Å². The van der Waals surface area contributed by atoms with Crippen LogP contribution in [0, 0.1) is 0 Å². The first-order chi connectivity index (χ1) is 9.88. The van der Waals surface area contributed by atoms with Gasteiger partial charge in [-0.05, 0) is 37.4 Å². The van der Waals surface area contributed by atoms with Crippen LogP contribution in [0.5, 0.6) is 0 Å². The molecule has 1 N–H and O–H groups in total. The first-order valence-electron chi connectivity index (χ1n) is 7.65. The summed E-state index contributed by atoms with van der Waals surface area (Å²) in [5.74, 6) is 0. The molecule has 0 amide bonds. The minimum Gasteiger partial charge on any atom is -0.310 e. The smallest absolute Gasteiger partial charge is 0.211 e. The van der Waals surface area contributed by atoms with Crippen molar-refractivity contribution in [3.05, 3.63) is 35.4 Å². The van der Waals surface area contributed by atoms with Gasteiger partial charge in [0.2, 0.25) is 10.0 Å². The Morgan fingerprint density at radius 1 is 1.19 bits per heavy atom. The molecule has 0 spiro atoms. The molecule has 1 atom stereocenters. The Kier molecular flexibility index (Phi) is 7.35. The van der Waals surface area contributed by atoms with Crippen molar-refractivity contribution in [3.8, 4) is 0 Å². The Hall–Kier alpha value is -0.910. The number of nitrogens with zero attached hydrogens (tertiary/aromatic N) is 1. The Morgan fingerprint density at radius 3 is 2.29 bits per heavy atom. The molecule has 0 aliphatic carbocycles. The third-order valence-corrected chi connectivity index (χ3v) is 5.12. The molecular weight excluding hydrogens is 284 g/mol. The number of sulfonamides is 1. The molecule has 0 saturated heterocycles. The first kappa shape index (κ1) is 18.1. The molecule has 21 heavy (non-hydrogen) atoms. The van der Waals surface area contributed by atoms with Crippen molar-refractivity contribution in [2.24, 2.45) is 0 Å². The van der Waals surface area contributed by atoms with Crippen molar-refractivity contribution in [3.63, 3.8) is 0 Å². The van der Waals surface area contributed by atoms with Crippen molar-refractivity contribution in [2.45, 2.75) is 39.7 Å². The van der Waals surface area contributed by atoms with Gasteiger partial charge in [-0.3, -0.25) is 0 Å². The zero-order chi connectivity index (χ0) is 15.9. The summed E-state index contributed by atoms with van der Waals surface area (Å²) in [6.07, 6.45) is 3.14. The summed E-state index contributed by atoms with van der Waals surface area (Å²) < 4.78 is 24.5. The predicted molar refractivity (Wildman–Crippen MR) is 88.9 cm³/mol. The van der Waals surface area contributed by atoms with Crippen LogP contribution in [0.2, 0.25) is 0 Å². The Labute approximate surface area is 129 Å². The highest BCUT2D eigenvalue weighted by Crippen LogP contribution is 2.13. The molecule has 0 saturated carbocycles. The Morgan fingerprint density at radius 2 is 1.81 bits per heavy atom. The maximum atomic E-state index is 11.5. The topological polar surface area (TPSA) is 49.4 Å². The van der Waals surface area contributed by atoms with E-state index >= 15 is 0 Å². The quantitative estimate of drug-likeness (QED) is 0.713. The molecule has 0 bridgehead atoms. The highest BCUT2D eigenvalue weighted by molar-refractivity contribution is 7.88. The third kappa shape index (κ3) is 6.16. The van der Waals surface area contributed by atoms with Crippen molar-refractivity contribution in [1.82, 2.24) is 9.62 Å². The summed E-state index contributed by atoms with van der Waals surface area (Å²) in [6, 6.07) is 8.92. The van der Waals surface area contributed by atoms with Gasteiger partial charge in [0, 0.05) is 19.1 Å². The highest BCUT2D eigenvalue weighted by atomic mass is 32.2. The molecule has 0 heterocycles. The summed E-state index contributed by atoms with van der Waals surface area (Å²) >= 11 is 0. The average molecular weight is 312 g/mol. The van der Waals surface area contributed by atoms with E-state index in [1.807, 2.05) is 6.92 Å². The number of aryl methyl sites for hydroxylation is 1. The van der Waals surface area contributed by atoms with Crippen molar-refractivity contribution in [2.75, 3.05) is 25.9 Å². The lowest BCUT2D eigenvalue weighted by Gasteiger charge is -2.19. The second kappa shape index (κ2) is 8.51. The second-order valence-corrected chi connectivity index (χ2v) is 7.36. The van der Waals surface area contributed by atoms with Gasteiger partial charge in [0.25, 0.3) is 0 Å². The van der Waals surface area contributed by atoms with Gasteiger partial charge >= 0.3 is 0 Å². The molecule has 0 aromatic heterocycles. The van der Waals surface area contributed by atoms with Crippen LogP contribution in [-0.4, -0.2) is 38.6 Å². The van der Waals surface area contributed by atoms with Crippen LogP contribution < -0.4 is 5.32 Å². The van der Waals surface area contributed by atoms with Gasteiger partial charge < -0.3 is 5.32 Å². The van der Waals surface area contributed by atoms with Crippen LogP contribution in [0.4, 0.5) is 0 Å². The molecule has 0 radical (unpaired) electrons. The molecule has 1 rings (SSSR count). The van der Waals surface area contributed by atoms with Crippen LogP contribution in [0.15, 0.2) is 24.3 Å². The van der Waals surface area contributed by atoms with E-state index in [1.54, 1.807) is 0 Å². The fraction of sp³-hybridized carbons (Fsp3) is 0.625. The van der Waals surface area contributed by atoms with E-state index in [4.69, 9.17) is 0 Å². The molecule has 120 valence electrons. The summed E-state index contributed by atoms with van der Waals surface area (Å²) in [5, 5.41) is 3.45. The predicted octanol–water partition coefficient (Wildman–Crippen LogP) is 2.57. The summed E-state index contributed by atoms with van der Waals surface area (Å²) in [7, 11) is -3.07. The van der Waals surface area contributed by atoms with Crippen LogP contribution >= 0.6 is 0 Å². The van der Waals surface area contributed by atoms with Gasteiger partial charge in [0.15, 0.2) is 0 Å². The van der Waals surface area contributed by atoms with Crippen molar-refractivity contribution in [1.29, 1.82) is 0 Å². The fourth-order valence-electron chi connectivity index (χ4n) is 2.29. The van der Waals surface area contributed by atoms with Gasteiger partial charge in [-0.1, -0.05) is 38.1 Å². The number of hydrogen-bond donors (Lipinski definition) is 1. The van der Waals surface area contributed by atoms with E-state index in [-0.39, 0.29) is 6.04 Å². The lowest BCUT2D eigenvalue weighted by atomic mass is 10.1. The molecule has 1 unspecified atom stereocenters. The number of rotatable bonds is 9. The molecule has 1 aromatic rings. The Balaban J connectivity index is 2.37. The van der Waals surface area contributed by atoms with Crippen LogP contribution in [0.1, 0.15) is 44.4 Å². The van der Waals surface area contributed by atoms with E-state index in [1.165, 1.54) is 21.7 Å². The van der Waals surface area contributed by atoms with E-state index in [2.05, 4.69) is 43.4 Å². The first-order valence-corrected chi connectivity index (χ1v) is 9.50. The monoisotopic (exact) mass is 312 g/mol. The Bertz CT molecular complexity index is 512. The number of benzene rings is 1. The maximum absolute atomic E-state index is 11.5. The van der Waals surface area contributed by atoms with Gasteiger partial charge in [0.1, 0.15) is 0 Å². The standard InChI is InChI=1S/C16H28N2O2S/c1-5-15-8-10-16(11-9-15)14(3)17-12-7-13-18(6-2)21(4,19)20/h8-11,14,17H,5-7,12-13H2,1-4H3. The lowest BCUT2D eigenvalue weighted by Crippen LogP contribution is -2.32. The van der Waals surface area contributed by atoms with Crippen LogP contribution in [0.25, 0.3) is 0 Å². The third-order valence-electron chi connectivity index (χ3n) is 3.74. The molecule has 0 aliphatic heterocycles. The SMILES string of the molecule is CCc1ccc(C(C)NCCCN(CC)S(C)(=O)=O)cc1. The lowest BCUT2D eigenvalue weighted by molar-refractivity contribution is 0.413. The number of nitrogens with one attached hydrogen (secondary N) is 1. The zero-order valence-corrected chi connectivity index (χ0v) is 14.4. The van der Waals surface area contributed by atoms with Gasteiger partial charge in [0.05, 0.1) is 6.26 Å². The van der Waals surface area contributed by atoms with Crippen LogP contribution in [-0.2, 0) is 16.4 Å². The molecule has 0 aliphatic rings. The average Bonchev–Trinajstić information content (AvgIpc) is 2.45. The summed E-state index contributed by atoms with van der Waals surface area (Å²) in [4.78, 5) is 0. The summed E-state index contributed by atoms with van der Waals surface area (Å²) in [5.41, 5.74) is 2.61. The molecule has 4 nitrogen and oxygen atoms in total. The fourth-order valence-corrected chi connectivity index (χ4v) is 3.22. The second-order valence-electron chi connectivity index (χ2n) is 5.38. The minimum absolute atomic E-state index is 0.282. The van der Waals surface area contributed by atoms with Crippen molar-refractivity contribution >= 4 is 10.0 Å². The van der Waals surface area contributed by atoms with E-state index in [0.29, 0.717) is 13.1 Å². The minimum atomic E-state index is -3.07. The molecule has 0 fully saturated rings. The van der Waals surface area contributed by atoms with E-state index < -0.39 is 10.0 Å². The normalized spacial score (nSPS) is 13.6. The van der Waals surface area contributed by atoms with Gasteiger partial charge in [-0.15, -0.1) is 0 Å². The zero-order valence-electron chi connectivity index (χ0n) is 13.6. The van der Waals surface area contributed by atoms with Crippen LogP contribution in [0.3, 0.4) is 0 Å². The largest absolute Gasteiger partial charge is 0.310 e. The number of hydrogen-bond acceptors (Lipinski definition) is 3. The maximum Gasteiger partial charge on any atom is 0.211 e. The molecule has 1 aromatic carbocycles. The molecular formula is C16H28N2O2S. The van der Waals surface area contributed by atoms with Crippen molar-refractivity contribution < 1.29 is 8.42 Å². The highest BCUT2D eigenvalue weighted by Gasteiger charge is 2.13. The molecule has 5 heteroatoms. The van der Waals surface area contributed by atoms with E-state index in [0.717, 1.165) is 19.4 Å². The van der Waals surface area contributed by atoms with Gasteiger partial charge in [-0.2, -0.15) is 0 Å². The van der Waals surface area contributed by atoms with Gasteiger partial charge in [-0.25, -0.2) is 12.7 Å².